The summed E-state index contributed by atoms with van der Waals surface area (Å²) in [5, 5.41) is 8.84. The van der Waals surface area contributed by atoms with E-state index in [2.05, 4.69) is 4.98 Å². The lowest BCUT2D eigenvalue weighted by Crippen LogP contribution is -2.34. The second kappa shape index (κ2) is 5.38. The van der Waals surface area contributed by atoms with Crippen LogP contribution in [-0.2, 0) is 4.79 Å². The Morgan fingerprint density at radius 2 is 2.11 bits per heavy atom. The summed E-state index contributed by atoms with van der Waals surface area (Å²) in [7, 11) is 0. The van der Waals surface area contributed by atoms with Crippen molar-refractivity contribution in [3.63, 3.8) is 0 Å². The van der Waals surface area contributed by atoms with Gasteiger partial charge in [-0.25, -0.2) is 9.78 Å². The summed E-state index contributed by atoms with van der Waals surface area (Å²) in [5.74, 6) is -0.0937. The Morgan fingerprint density at radius 3 is 2.53 bits per heavy atom. The van der Waals surface area contributed by atoms with Crippen LogP contribution >= 0.6 is 0 Å². The first-order chi connectivity index (χ1) is 8.99. The van der Waals surface area contributed by atoms with Crippen molar-refractivity contribution in [2.24, 2.45) is 5.92 Å². The zero-order valence-electron chi connectivity index (χ0n) is 11.2. The Kier molecular flexibility index (Phi) is 3.83. The quantitative estimate of drug-likeness (QED) is 0.884. The van der Waals surface area contributed by atoms with Crippen molar-refractivity contribution in [1.82, 2.24) is 4.98 Å². The first kappa shape index (κ1) is 13.5. The van der Waals surface area contributed by atoms with Crippen LogP contribution in [0.25, 0.3) is 0 Å². The molecule has 0 radical (unpaired) electrons. The number of nitrogens with zero attached hydrogens (tertiary/aromatic N) is 2. The van der Waals surface area contributed by atoms with E-state index in [-0.39, 0.29) is 17.5 Å². The molecule has 0 unspecified atom stereocenters. The Labute approximate surface area is 112 Å². The summed E-state index contributed by atoms with van der Waals surface area (Å²) in [4.78, 5) is 28.8. The van der Waals surface area contributed by atoms with Gasteiger partial charge < -0.3 is 5.11 Å². The fourth-order valence-electron chi connectivity index (χ4n) is 1.95. The van der Waals surface area contributed by atoms with Gasteiger partial charge in [-0.2, -0.15) is 0 Å². The van der Waals surface area contributed by atoms with Crippen LogP contribution in [0.1, 0.15) is 43.5 Å². The van der Waals surface area contributed by atoms with E-state index in [0.29, 0.717) is 18.2 Å². The molecule has 1 heterocycles. The Balaban J connectivity index is 2.19. The third-order valence-electron chi connectivity index (χ3n) is 3.01. The molecule has 19 heavy (non-hydrogen) atoms. The van der Waals surface area contributed by atoms with Crippen LogP contribution in [0.5, 0.6) is 0 Å². The van der Waals surface area contributed by atoms with Crippen LogP contribution in [0.15, 0.2) is 18.3 Å². The molecule has 1 amide bonds. The number of hydrogen-bond donors (Lipinski definition) is 1. The summed E-state index contributed by atoms with van der Waals surface area (Å²) >= 11 is 0. The van der Waals surface area contributed by atoms with Crippen molar-refractivity contribution in [1.29, 1.82) is 0 Å². The van der Waals surface area contributed by atoms with Crippen LogP contribution < -0.4 is 4.90 Å². The number of carbonyl (C=O) groups excluding carboxylic acids is 1. The molecule has 1 N–H and O–H groups in total. The Hall–Kier alpha value is -1.91. The molecule has 2 rings (SSSR count). The number of aromatic carboxylic acids is 1. The molecule has 0 aromatic carbocycles. The minimum atomic E-state index is -1.01. The Morgan fingerprint density at radius 1 is 1.42 bits per heavy atom. The fourth-order valence-corrected chi connectivity index (χ4v) is 1.95. The minimum Gasteiger partial charge on any atom is -0.478 e. The summed E-state index contributed by atoms with van der Waals surface area (Å²) in [6.45, 7) is 4.01. The monoisotopic (exact) mass is 262 g/mol. The molecule has 102 valence electrons. The highest BCUT2D eigenvalue weighted by Crippen LogP contribution is 2.31. The molecule has 1 aliphatic carbocycles. The van der Waals surface area contributed by atoms with E-state index in [1.807, 2.05) is 13.8 Å². The minimum absolute atomic E-state index is 0.0630. The van der Waals surface area contributed by atoms with Crippen LogP contribution in [0.2, 0.25) is 0 Å². The van der Waals surface area contributed by atoms with Gasteiger partial charge in [-0.3, -0.25) is 9.69 Å². The largest absolute Gasteiger partial charge is 0.478 e. The van der Waals surface area contributed by atoms with E-state index < -0.39 is 5.97 Å². The number of anilines is 1. The number of carboxylic acids is 1. The molecule has 1 aromatic rings. The number of hydrogen-bond acceptors (Lipinski definition) is 3. The molecule has 0 spiro atoms. The van der Waals surface area contributed by atoms with Gasteiger partial charge in [0.15, 0.2) is 0 Å². The molecular weight excluding hydrogens is 244 g/mol. The van der Waals surface area contributed by atoms with E-state index in [0.717, 1.165) is 12.8 Å². The molecule has 1 saturated carbocycles. The van der Waals surface area contributed by atoms with E-state index in [1.54, 1.807) is 11.0 Å². The van der Waals surface area contributed by atoms with E-state index in [4.69, 9.17) is 5.11 Å². The SMILES string of the molecule is CC(C)CC(=O)N(c1ccc(C(=O)O)cn1)C1CC1. The zero-order valence-corrected chi connectivity index (χ0v) is 11.2. The highest BCUT2D eigenvalue weighted by atomic mass is 16.4. The van der Waals surface area contributed by atoms with Gasteiger partial charge in [-0.15, -0.1) is 0 Å². The van der Waals surface area contributed by atoms with Gasteiger partial charge in [0, 0.05) is 18.7 Å². The molecule has 0 aliphatic heterocycles. The van der Waals surface area contributed by atoms with Crippen molar-refractivity contribution in [3.05, 3.63) is 23.9 Å². The maximum Gasteiger partial charge on any atom is 0.337 e. The van der Waals surface area contributed by atoms with Gasteiger partial charge in [-0.05, 0) is 30.9 Å². The number of pyridine rings is 1. The normalized spacial score (nSPS) is 14.5. The number of carboxylic acid groups (broad SMARTS) is 1. The Bertz CT molecular complexity index is 478. The highest BCUT2D eigenvalue weighted by Gasteiger charge is 2.34. The van der Waals surface area contributed by atoms with Gasteiger partial charge in [0.2, 0.25) is 5.91 Å². The average molecular weight is 262 g/mol. The highest BCUT2D eigenvalue weighted by molar-refractivity contribution is 5.94. The molecule has 5 heteroatoms. The lowest BCUT2D eigenvalue weighted by molar-refractivity contribution is -0.119. The molecule has 0 atom stereocenters. The van der Waals surface area contributed by atoms with Gasteiger partial charge in [-0.1, -0.05) is 13.8 Å². The molecule has 1 aromatic heterocycles. The maximum absolute atomic E-state index is 12.2. The second-order valence-corrected chi connectivity index (χ2v) is 5.30. The van der Waals surface area contributed by atoms with Gasteiger partial charge in [0.1, 0.15) is 5.82 Å². The fraction of sp³-hybridized carbons (Fsp3) is 0.500. The predicted molar refractivity (Wildman–Crippen MR) is 71.2 cm³/mol. The van der Waals surface area contributed by atoms with Crippen molar-refractivity contribution in [2.45, 2.75) is 39.2 Å². The van der Waals surface area contributed by atoms with Crippen LogP contribution in [0, 0.1) is 5.92 Å². The number of rotatable bonds is 5. The van der Waals surface area contributed by atoms with E-state index >= 15 is 0 Å². The summed E-state index contributed by atoms with van der Waals surface area (Å²) in [6, 6.07) is 3.33. The van der Waals surface area contributed by atoms with Gasteiger partial charge >= 0.3 is 5.97 Å². The first-order valence-electron chi connectivity index (χ1n) is 6.50. The van der Waals surface area contributed by atoms with Crippen molar-refractivity contribution >= 4 is 17.7 Å². The average Bonchev–Trinajstić information content (AvgIpc) is 3.13. The molecule has 1 fully saturated rings. The third kappa shape index (κ3) is 3.30. The van der Waals surface area contributed by atoms with Crippen LogP contribution in [0.4, 0.5) is 5.82 Å². The van der Waals surface area contributed by atoms with Gasteiger partial charge in [0.05, 0.1) is 5.56 Å². The number of aromatic nitrogens is 1. The first-order valence-corrected chi connectivity index (χ1v) is 6.50. The second-order valence-electron chi connectivity index (χ2n) is 5.30. The molecule has 1 aliphatic rings. The topological polar surface area (TPSA) is 70.5 Å². The smallest absolute Gasteiger partial charge is 0.337 e. The van der Waals surface area contributed by atoms with Crippen molar-refractivity contribution < 1.29 is 14.7 Å². The summed E-state index contributed by atoms with van der Waals surface area (Å²) < 4.78 is 0. The third-order valence-corrected chi connectivity index (χ3v) is 3.01. The van der Waals surface area contributed by atoms with E-state index in [1.165, 1.54) is 12.3 Å². The molecule has 5 nitrogen and oxygen atoms in total. The van der Waals surface area contributed by atoms with Crippen molar-refractivity contribution in [3.8, 4) is 0 Å². The predicted octanol–water partition coefficient (Wildman–Crippen LogP) is 2.32. The van der Waals surface area contributed by atoms with Gasteiger partial charge in [0.25, 0.3) is 0 Å². The number of amides is 1. The van der Waals surface area contributed by atoms with Crippen LogP contribution in [-0.4, -0.2) is 28.0 Å². The maximum atomic E-state index is 12.2. The molecule has 0 bridgehead atoms. The standard InChI is InChI=1S/C14H18N2O3/c1-9(2)7-13(17)16(11-4-5-11)12-6-3-10(8-15-12)14(18)19/h3,6,8-9,11H,4-5,7H2,1-2H3,(H,18,19). The molecular formula is C14H18N2O3. The van der Waals surface area contributed by atoms with E-state index in [9.17, 15) is 9.59 Å². The summed E-state index contributed by atoms with van der Waals surface area (Å²) in [6.07, 6.45) is 3.77. The molecule has 0 saturated heterocycles. The zero-order chi connectivity index (χ0) is 14.0. The lowest BCUT2D eigenvalue weighted by Gasteiger charge is -2.22. The van der Waals surface area contributed by atoms with Crippen molar-refractivity contribution in [2.75, 3.05) is 4.90 Å². The number of carbonyl (C=O) groups is 2. The summed E-state index contributed by atoms with van der Waals surface area (Å²) in [5.41, 5.74) is 0.135. The van der Waals surface area contributed by atoms with Crippen LogP contribution in [0.3, 0.4) is 0 Å². The lowest BCUT2D eigenvalue weighted by atomic mass is 10.1.